The molecule has 0 spiro atoms. The molecule has 1 amide bonds. The Kier molecular flexibility index (Phi) is 5.14. The number of pyridine rings is 2. The molecule has 0 bridgehead atoms. The van der Waals surface area contributed by atoms with Crippen LogP contribution < -0.4 is 5.32 Å². The Labute approximate surface area is 160 Å². The molecule has 1 aliphatic rings. The molecule has 1 aromatic carbocycles. The molecule has 2 heterocycles. The lowest BCUT2D eigenvalue weighted by Gasteiger charge is -2.18. The van der Waals surface area contributed by atoms with Crippen LogP contribution in [0.25, 0.3) is 22.2 Å². The fraction of sp³-hybridized carbons (Fsp3) is 0.348. The molecule has 0 unspecified atom stereocenters. The Balaban J connectivity index is 1.76. The number of hydrogen-bond donors (Lipinski definition) is 1. The Morgan fingerprint density at radius 2 is 1.78 bits per heavy atom. The van der Waals surface area contributed by atoms with Gasteiger partial charge in [-0.05, 0) is 43.5 Å². The van der Waals surface area contributed by atoms with Crippen molar-refractivity contribution in [2.75, 3.05) is 0 Å². The van der Waals surface area contributed by atoms with E-state index in [-0.39, 0.29) is 11.9 Å². The van der Waals surface area contributed by atoms with Gasteiger partial charge in [-0.15, -0.1) is 0 Å². The summed E-state index contributed by atoms with van der Waals surface area (Å²) in [5, 5.41) is 4.20. The summed E-state index contributed by atoms with van der Waals surface area (Å²) in [7, 11) is 0. The van der Waals surface area contributed by atoms with Gasteiger partial charge in [-0.2, -0.15) is 0 Å². The van der Waals surface area contributed by atoms with E-state index < -0.39 is 0 Å². The van der Waals surface area contributed by atoms with E-state index in [2.05, 4.69) is 10.3 Å². The Morgan fingerprint density at radius 3 is 2.52 bits per heavy atom. The Bertz CT molecular complexity index is 944. The van der Waals surface area contributed by atoms with Crippen LogP contribution in [0.2, 0.25) is 0 Å². The average molecular weight is 359 g/mol. The number of carbonyl (C=O) groups excluding carboxylic acids is 1. The lowest BCUT2D eigenvalue weighted by Crippen LogP contribution is -2.34. The minimum absolute atomic E-state index is 0.00945. The van der Waals surface area contributed by atoms with Gasteiger partial charge in [0.2, 0.25) is 0 Å². The van der Waals surface area contributed by atoms with Gasteiger partial charge in [-0.25, -0.2) is 4.98 Å². The van der Waals surface area contributed by atoms with Gasteiger partial charge in [-0.3, -0.25) is 9.78 Å². The van der Waals surface area contributed by atoms with Crippen molar-refractivity contribution >= 4 is 16.8 Å². The minimum atomic E-state index is 0.00945. The highest BCUT2D eigenvalue weighted by atomic mass is 16.1. The number of aryl methyl sites for hydroxylation is 1. The third-order valence-corrected chi connectivity index (χ3v) is 5.45. The summed E-state index contributed by atoms with van der Waals surface area (Å²) in [6, 6.07) is 12.1. The number of hydrogen-bond acceptors (Lipinski definition) is 3. The first-order valence-corrected chi connectivity index (χ1v) is 9.84. The van der Waals surface area contributed by atoms with Crippen molar-refractivity contribution in [3.8, 4) is 11.3 Å². The number of fused-ring (bicyclic) bond motifs is 1. The third kappa shape index (κ3) is 3.85. The number of nitrogens with zero attached hydrogens (tertiary/aromatic N) is 2. The Hall–Kier alpha value is -2.75. The molecule has 1 saturated carbocycles. The fourth-order valence-electron chi connectivity index (χ4n) is 3.94. The van der Waals surface area contributed by atoms with E-state index in [1.807, 2.05) is 43.3 Å². The maximum absolute atomic E-state index is 13.2. The zero-order chi connectivity index (χ0) is 18.6. The molecule has 2 aromatic heterocycles. The highest BCUT2D eigenvalue weighted by Crippen LogP contribution is 2.27. The van der Waals surface area contributed by atoms with Crippen LogP contribution in [-0.2, 0) is 0 Å². The van der Waals surface area contributed by atoms with Gasteiger partial charge in [0.25, 0.3) is 5.91 Å². The summed E-state index contributed by atoms with van der Waals surface area (Å²) < 4.78 is 0. The van der Waals surface area contributed by atoms with Crippen LogP contribution in [0.5, 0.6) is 0 Å². The smallest absolute Gasteiger partial charge is 0.252 e. The molecule has 0 atom stereocenters. The van der Waals surface area contributed by atoms with Crippen molar-refractivity contribution in [1.29, 1.82) is 0 Å². The fourth-order valence-corrected chi connectivity index (χ4v) is 3.94. The zero-order valence-electron chi connectivity index (χ0n) is 15.7. The van der Waals surface area contributed by atoms with Crippen LogP contribution in [0.3, 0.4) is 0 Å². The molecule has 4 heteroatoms. The molecule has 1 fully saturated rings. The minimum Gasteiger partial charge on any atom is -0.349 e. The van der Waals surface area contributed by atoms with Gasteiger partial charge in [0.15, 0.2) is 0 Å². The predicted octanol–water partition coefficient (Wildman–Crippen LogP) is 5.06. The van der Waals surface area contributed by atoms with Crippen molar-refractivity contribution in [3.63, 3.8) is 0 Å². The average Bonchev–Trinajstić information content (AvgIpc) is 2.97. The highest BCUT2D eigenvalue weighted by Gasteiger charge is 2.19. The number of para-hydroxylation sites is 1. The lowest BCUT2D eigenvalue weighted by molar-refractivity contribution is 0.0935. The van der Waals surface area contributed by atoms with E-state index in [1.165, 1.54) is 25.7 Å². The molecule has 27 heavy (non-hydrogen) atoms. The van der Waals surface area contributed by atoms with Gasteiger partial charge in [0, 0.05) is 29.4 Å². The zero-order valence-corrected chi connectivity index (χ0v) is 15.7. The van der Waals surface area contributed by atoms with Crippen LogP contribution >= 0.6 is 0 Å². The monoisotopic (exact) mass is 359 g/mol. The maximum atomic E-state index is 13.2. The van der Waals surface area contributed by atoms with E-state index in [4.69, 9.17) is 4.98 Å². The third-order valence-electron chi connectivity index (χ3n) is 5.45. The first kappa shape index (κ1) is 17.7. The maximum Gasteiger partial charge on any atom is 0.252 e. The topological polar surface area (TPSA) is 54.9 Å². The summed E-state index contributed by atoms with van der Waals surface area (Å²) in [6.07, 6.45) is 10.6. The molecule has 1 aliphatic carbocycles. The van der Waals surface area contributed by atoms with Crippen LogP contribution in [0.4, 0.5) is 0 Å². The molecule has 138 valence electrons. The summed E-state index contributed by atoms with van der Waals surface area (Å²) in [4.78, 5) is 22.1. The number of amides is 1. The normalized spacial score (nSPS) is 15.4. The second-order valence-corrected chi connectivity index (χ2v) is 7.42. The van der Waals surface area contributed by atoms with Crippen molar-refractivity contribution < 1.29 is 4.79 Å². The van der Waals surface area contributed by atoms with Gasteiger partial charge in [0.05, 0.1) is 16.8 Å². The summed E-state index contributed by atoms with van der Waals surface area (Å²) in [5.74, 6) is 0.00945. The van der Waals surface area contributed by atoms with Gasteiger partial charge >= 0.3 is 0 Å². The summed E-state index contributed by atoms with van der Waals surface area (Å²) >= 11 is 0. The largest absolute Gasteiger partial charge is 0.349 e. The van der Waals surface area contributed by atoms with Crippen LogP contribution in [0, 0.1) is 6.92 Å². The quantitative estimate of drug-likeness (QED) is 0.665. The van der Waals surface area contributed by atoms with Crippen molar-refractivity contribution in [3.05, 3.63) is 59.9 Å². The Morgan fingerprint density at radius 1 is 1.04 bits per heavy atom. The molecule has 0 saturated heterocycles. The van der Waals surface area contributed by atoms with Crippen LogP contribution in [-0.4, -0.2) is 21.9 Å². The number of rotatable bonds is 3. The van der Waals surface area contributed by atoms with Gasteiger partial charge in [-0.1, -0.05) is 43.9 Å². The molecule has 1 N–H and O–H groups in total. The molecule has 3 aromatic rings. The van der Waals surface area contributed by atoms with E-state index in [0.717, 1.165) is 40.6 Å². The molecule has 0 radical (unpaired) electrons. The number of carbonyl (C=O) groups is 1. The SMILES string of the molecule is Cc1cccc2c(C(=O)NC3CCCCCC3)cc(-c3ccncc3)nc12. The summed E-state index contributed by atoms with van der Waals surface area (Å²) in [6.45, 7) is 2.04. The lowest BCUT2D eigenvalue weighted by atomic mass is 10.0. The predicted molar refractivity (Wildman–Crippen MR) is 109 cm³/mol. The second-order valence-electron chi connectivity index (χ2n) is 7.42. The van der Waals surface area contributed by atoms with E-state index in [9.17, 15) is 4.79 Å². The molecular weight excluding hydrogens is 334 g/mol. The molecule has 4 nitrogen and oxygen atoms in total. The first-order valence-electron chi connectivity index (χ1n) is 9.84. The molecule has 4 rings (SSSR count). The number of aromatic nitrogens is 2. The van der Waals surface area contributed by atoms with Crippen LogP contribution in [0.1, 0.15) is 54.4 Å². The van der Waals surface area contributed by atoms with Crippen LogP contribution in [0.15, 0.2) is 48.8 Å². The number of benzene rings is 1. The van der Waals surface area contributed by atoms with Crippen molar-refractivity contribution in [2.24, 2.45) is 0 Å². The highest BCUT2D eigenvalue weighted by molar-refractivity contribution is 6.07. The van der Waals surface area contributed by atoms with Gasteiger partial charge < -0.3 is 5.32 Å². The van der Waals surface area contributed by atoms with E-state index in [1.54, 1.807) is 12.4 Å². The number of nitrogens with one attached hydrogen (secondary N) is 1. The summed E-state index contributed by atoms with van der Waals surface area (Å²) in [5.41, 5.74) is 4.45. The standard InChI is InChI=1S/C23H25N3O/c1-16-7-6-10-19-20(23(27)25-18-8-4-2-3-5-9-18)15-21(26-22(16)19)17-11-13-24-14-12-17/h6-7,10-15,18H,2-5,8-9H2,1H3,(H,25,27). The van der Waals surface area contributed by atoms with Crippen molar-refractivity contribution in [1.82, 2.24) is 15.3 Å². The van der Waals surface area contributed by atoms with E-state index >= 15 is 0 Å². The second kappa shape index (κ2) is 7.87. The van der Waals surface area contributed by atoms with Gasteiger partial charge in [0.1, 0.15) is 0 Å². The van der Waals surface area contributed by atoms with E-state index in [0.29, 0.717) is 5.56 Å². The molecular formula is C23H25N3O. The molecule has 0 aliphatic heterocycles. The first-order chi connectivity index (χ1) is 13.2. The van der Waals surface area contributed by atoms with Crippen molar-refractivity contribution in [2.45, 2.75) is 51.5 Å².